The Morgan fingerprint density at radius 1 is 0.926 bits per heavy atom. The van der Waals surface area contributed by atoms with Crippen LogP contribution < -0.4 is 5.32 Å². The van der Waals surface area contributed by atoms with E-state index in [1.807, 2.05) is 26.8 Å². The van der Waals surface area contributed by atoms with Gasteiger partial charge >= 0.3 is 0 Å². The molecular formula is C23H45NO3. The van der Waals surface area contributed by atoms with Crippen molar-refractivity contribution in [2.75, 3.05) is 6.61 Å². The van der Waals surface area contributed by atoms with Crippen LogP contribution in [0.15, 0.2) is 12.2 Å². The monoisotopic (exact) mass is 383 g/mol. The smallest absolute Gasteiger partial charge is 0.225 e. The highest BCUT2D eigenvalue weighted by Gasteiger charge is 2.26. The van der Waals surface area contributed by atoms with Crippen molar-refractivity contribution in [3.63, 3.8) is 0 Å². The predicted molar refractivity (Wildman–Crippen MR) is 115 cm³/mol. The Kier molecular flexibility index (Phi) is 15.6. The summed E-state index contributed by atoms with van der Waals surface area (Å²) in [6, 6.07) is -0.648. The fourth-order valence-corrected chi connectivity index (χ4v) is 2.92. The molecule has 0 aliphatic rings. The van der Waals surface area contributed by atoms with Crippen molar-refractivity contribution >= 4 is 5.91 Å². The van der Waals surface area contributed by atoms with Crippen molar-refractivity contribution in [3.8, 4) is 0 Å². The number of amides is 1. The van der Waals surface area contributed by atoms with Gasteiger partial charge in [-0.25, -0.2) is 0 Å². The SMILES string of the molecule is CCCCCCCCCCCCCC=C[C@@H](O)[C@H](CO)NC(=O)C(C)(C)C. The van der Waals surface area contributed by atoms with Gasteiger partial charge in [-0.1, -0.05) is 104 Å². The zero-order valence-corrected chi connectivity index (χ0v) is 18.3. The largest absolute Gasteiger partial charge is 0.394 e. The third-order valence-electron chi connectivity index (χ3n) is 4.91. The summed E-state index contributed by atoms with van der Waals surface area (Å²) in [4.78, 5) is 12.0. The van der Waals surface area contributed by atoms with Crippen molar-refractivity contribution in [1.29, 1.82) is 0 Å². The number of unbranched alkanes of at least 4 members (excludes halogenated alkanes) is 11. The van der Waals surface area contributed by atoms with E-state index in [9.17, 15) is 15.0 Å². The zero-order chi connectivity index (χ0) is 20.5. The molecule has 0 heterocycles. The van der Waals surface area contributed by atoms with Crippen molar-refractivity contribution in [1.82, 2.24) is 5.32 Å². The van der Waals surface area contributed by atoms with Crippen LogP contribution in [0.5, 0.6) is 0 Å². The summed E-state index contributed by atoms with van der Waals surface area (Å²) in [5.41, 5.74) is -0.535. The molecule has 0 unspecified atom stereocenters. The van der Waals surface area contributed by atoms with Crippen molar-refractivity contribution in [2.24, 2.45) is 5.41 Å². The van der Waals surface area contributed by atoms with E-state index in [1.54, 1.807) is 6.08 Å². The van der Waals surface area contributed by atoms with Crippen molar-refractivity contribution in [2.45, 2.75) is 117 Å². The highest BCUT2D eigenvalue weighted by Crippen LogP contribution is 2.14. The maximum atomic E-state index is 12.0. The van der Waals surface area contributed by atoms with Gasteiger partial charge in [-0.05, 0) is 12.8 Å². The molecule has 0 aromatic heterocycles. The van der Waals surface area contributed by atoms with E-state index in [4.69, 9.17) is 0 Å². The molecule has 0 radical (unpaired) electrons. The quantitative estimate of drug-likeness (QED) is 0.256. The summed E-state index contributed by atoms with van der Waals surface area (Å²) < 4.78 is 0. The molecule has 0 saturated heterocycles. The Balaban J connectivity index is 3.72. The van der Waals surface area contributed by atoms with E-state index in [2.05, 4.69) is 12.2 Å². The van der Waals surface area contributed by atoms with Gasteiger partial charge in [0.1, 0.15) is 0 Å². The summed E-state index contributed by atoms with van der Waals surface area (Å²) in [6.45, 7) is 7.42. The van der Waals surface area contributed by atoms with Gasteiger partial charge in [-0.15, -0.1) is 0 Å². The van der Waals surface area contributed by atoms with Crippen LogP contribution in [0.3, 0.4) is 0 Å². The molecule has 0 fully saturated rings. The average Bonchev–Trinajstić information content (AvgIpc) is 2.62. The Hall–Kier alpha value is -0.870. The van der Waals surface area contributed by atoms with Crippen LogP contribution in [0.1, 0.15) is 105 Å². The first-order valence-corrected chi connectivity index (χ1v) is 11.1. The van der Waals surface area contributed by atoms with Crippen LogP contribution in [-0.2, 0) is 4.79 Å². The van der Waals surface area contributed by atoms with Gasteiger partial charge in [0.15, 0.2) is 0 Å². The number of carbonyl (C=O) groups excluding carboxylic acids is 1. The summed E-state index contributed by atoms with van der Waals surface area (Å²) in [6.07, 6.45) is 18.3. The molecule has 160 valence electrons. The number of aliphatic hydroxyl groups is 2. The summed E-state index contributed by atoms with van der Waals surface area (Å²) in [5.74, 6) is -0.167. The first-order valence-electron chi connectivity index (χ1n) is 11.1. The minimum Gasteiger partial charge on any atom is -0.394 e. The molecular weight excluding hydrogens is 338 g/mol. The minimum atomic E-state index is -0.853. The van der Waals surface area contributed by atoms with Gasteiger partial charge in [0.25, 0.3) is 0 Å². The second kappa shape index (κ2) is 16.1. The van der Waals surface area contributed by atoms with Gasteiger partial charge in [0.2, 0.25) is 5.91 Å². The second-order valence-electron chi connectivity index (χ2n) is 8.76. The molecule has 2 atom stereocenters. The molecule has 0 aromatic carbocycles. The molecule has 0 aromatic rings. The van der Waals surface area contributed by atoms with Crippen LogP contribution >= 0.6 is 0 Å². The van der Waals surface area contributed by atoms with Gasteiger partial charge in [0, 0.05) is 5.41 Å². The lowest BCUT2D eigenvalue weighted by Gasteiger charge is -2.25. The van der Waals surface area contributed by atoms with E-state index < -0.39 is 17.6 Å². The molecule has 27 heavy (non-hydrogen) atoms. The molecule has 3 N–H and O–H groups in total. The zero-order valence-electron chi connectivity index (χ0n) is 18.3. The van der Waals surface area contributed by atoms with Gasteiger partial charge in [-0.3, -0.25) is 4.79 Å². The number of allylic oxidation sites excluding steroid dienone is 1. The molecule has 4 nitrogen and oxygen atoms in total. The standard InChI is InChI=1S/C23H45NO3/c1-5-6-7-8-9-10-11-12-13-14-15-16-17-18-21(26)20(19-25)24-22(27)23(2,3)4/h17-18,20-21,25-26H,5-16,19H2,1-4H3,(H,24,27)/t20-,21+/m0/s1. The van der Waals surface area contributed by atoms with E-state index in [0.29, 0.717) is 0 Å². The third-order valence-corrected chi connectivity index (χ3v) is 4.91. The first kappa shape index (κ1) is 26.1. The number of rotatable bonds is 16. The minimum absolute atomic E-state index is 0.167. The maximum absolute atomic E-state index is 12.0. The Labute approximate surface area is 167 Å². The Morgan fingerprint density at radius 2 is 1.41 bits per heavy atom. The molecule has 0 aliphatic carbocycles. The number of carbonyl (C=O) groups is 1. The van der Waals surface area contributed by atoms with E-state index >= 15 is 0 Å². The molecule has 0 saturated carbocycles. The van der Waals surface area contributed by atoms with Crippen LogP contribution in [0.4, 0.5) is 0 Å². The fourth-order valence-electron chi connectivity index (χ4n) is 2.92. The molecule has 0 bridgehead atoms. The molecule has 0 rings (SSSR count). The Morgan fingerprint density at radius 3 is 1.85 bits per heavy atom. The highest BCUT2D eigenvalue weighted by molar-refractivity contribution is 5.81. The average molecular weight is 384 g/mol. The van der Waals surface area contributed by atoms with E-state index in [0.717, 1.165) is 12.8 Å². The lowest BCUT2D eigenvalue weighted by atomic mass is 9.95. The Bertz CT molecular complexity index is 388. The normalized spacial score (nSPS) is 14.4. The lowest BCUT2D eigenvalue weighted by molar-refractivity contribution is -0.130. The van der Waals surface area contributed by atoms with Crippen molar-refractivity contribution in [3.05, 3.63) is 12.2 Å². The van der Waals surface area contributed by atoms with Crippen LogP contribution in [0.25, 0.3) is 0 Å². The summed E-state index contributed by atoms with van der Waals surface area (Å²) in [7, 11) is 0. The molecule has 4 heteroatoms. The van der Waals surface area contributed by atoms with E-state index in [-0.39, 0.29) is 12.5 Å². The van der Waals surface area contributed by atoms with Gasteiger partial charge in [0.05, 0.1) is 18.8 Å². The predicted octanol–water partition coefficient (Wildman–Crippen LogP) is 5.13. The number of aliphatic hydroxyl groups excluding tert-OH is 2. The molecule has 1 amide bonds. The van der Waals surface area contributed by atoms with Gasteiger partial charge in [-0.2, -0.15) is 0 Å². The van der Waals surface area contributed by atoms with E-state index in [1.165, 1.54) is 64.2 Å². The summed E-state index contributed by atoms with van der Waals surface area (Å²) in [5, 5.41) is 22.3. The lowest BCUT2D eigenvalue weighted by Crippen LogP contribution is -2.48. The maximum Gasteiger partial charge on any atom is 0.225 e. The van der Waals surface area contributed by atoms with Crippen LogP contribution in [0, 0.1) is 5.41 Å². The third kappa shape index (κ3) is 14.8. The number of hydrogen-bond acceptors (Lipinski definition) is 3. The topological polar surface area (TPSA) is 69.6 Å². The summed E-state index contributed by atoms with van der Waals surface area (Å²) >= 11 is 0. The van der Waals surface area contributed by atoms with Gasteiger partial charge < -0.3 is 15.5 Å². The molecule has 0 spiro atoms. The first-order chi connectivity index (χ1) is 12.8. The highest BCUT2D eigenvalue weighted by atomic mass is 16.3. The molecule has 0 aliphatic heterocycles. The number of nitrogens with one attached hydrogen (secondary N) is 1. The van der Waals surface area contributed by atoms with Crippen LogP contribution in [-0.4, -0.2) is 34.9 Å². The fraction of sp³-hybridized carbons (Fsp3) is 0.870. The number of hydrogen-bond donors (Lipinski definition) is 3. The van der Waals surface area contributed by atoms with Crippen LogP contribution in [0.2, 0.25) is 0 Å². The second-order valence-corrected chi connectivity index (χ2v) is 8.76. The van der Waals surface area contributed by atoms with Crippen molar-refractivity contribution < 1.29 is 15.0 Å².